The van der Waals surface area contributed by atoms with Crippen molar-refractivity contribution in [2.45, 2.75) is 57.9 Å². The second kappa shape index (κ2) is 7.76. The number of nitriles is 1. The third-order valence-electron chi connectivity index (χ3n) is 4.18. The molecule has 0 heterocycles. The van der Waals surface area contributed by atoms with Gasteiger partial charge < -0.3 is 4.90 Å². The summed E-state index contributed by atoms with van der Waals surface area (Å²) < 4.78 is 0. The van der Waals surface area contributed by atoms with Gasteiger partial charge in [0, 0.05) is 0 Å². The Hall–Kier alpha value is -0.590. The van der Waals surface area contributed by atoms with E-state index < -0.39 is 0 Å². The first-order valence-corrected chi connectivity index (χ1v) is 7.53. The van der Waals surface area contributed by atoms with Crippen LogP contribution in [-0.4, -0.2) is 37.1 Å². The predicted octanol–water partition coefficient (Wildman–Crippen LogP) is 2.78. The molecule has 18 heavy (non-hydrogen) atoms. The van der Waals surface area contributed by atoms with Crippen molar-refractivity contribution in [1.29, 1.82) is 5.26 Å². The molecule has 1 saturated carbocycles. The lowest BCUT2D eigenvalue weighted by Crippen LogP contribution is -2.48. The van der Waals surface area contributed by atoms with E-state index in [1.807, 2.05) is 0 Å². The highest BCUT2D eigenvalue weighted by atomic mass is 15.1. The summed E-state index contributed by atoms with van der Waals surface area (Å²) in [6, 6.07) is 2.59. The van der Waals surface area contributed by atoms with Gasteiger partial charge in [-0.15, -0.1) is 0 Å². The van der Waals surface area contributed by atoms with Gasteiger partial charge in [-0.25, -0.2) is 0 Å². The van der Waals surface area contributed by atoms with Crippen molar-refractivity contribution in [2.75, 3.05) is 26.7 Å². The third kappa shape index (κ3) is 3.96. The molecular formula is C15H29N3. The lowest BCUT2D eigenvalue weighted by molar-refractivity contribution is 0.250. The van der Waals surface area contributed by atoms with Gasteiger partial charge in [0.2, 0.25) is 0 Å². The average molecular weight is 251 g/mol. The van der Waals surface area contributed by atoms with E-state index in [-0.39, 0.29) is 5.54 Å². The summed E-state index contributed by atoms with van der Waals surface area (Å²) in [7, 11) is 2.19. The first-order valence-electron chi connectivity index (χ1n) is 7.53. The maximum absolute atomic E-state index is 9.56. The highest BCUT2D eigenvalue weighted by molar-refractivity contribution is 5.14. The molecule has 2 atom stereocenters. The number of nitrogens with one attached hydrogen (secondary N) is 1. The topological polar surface area (TPSA) is 39.1 Å². The molecule has 1 aliphatic carbocycles. The standard InChI is InChI=1S/C15H29N3/c1-4-10-17-15(13-16)9-6-7-14(15)8-12-18(3)11-5-2/h14,17H,4-12H2,1-3H3. The molecule has 1 aliphatic rings. The van der Waals surface area contributed by atoms with E-state index in [9.17, 15) is 5.26 Å². The van der Waals surface area contributed by atoms with Gasteiger partial charge in [0.1, 0.15) is 5.54 Å². The third-order valence-corrected chi connectivity index (χ3v) is 4.18. The highest BCUT2D eigenvalue weighted by Gasteiger charge is 2.42. The zero-order valence-corrected chi connectivity index (χ0v) is 12.3. The van der Waals surface area contributed by atoms with Crippen molar-refractivity contribution >= 4 is 0 Å². The Morgan fingerprint density at radius 3 is 2.72 bits per heavy atom. The Morgan fingerprint density at radius 2 is 2.11 bits per heavy atom. The Balaban J connectivity index is 2.49. The van der Waals surface area contributed by atoms with Crippen LogP contribution in [0.2, 0.25) is 0 Å². The average Bonchev–Trinajstić information content (AvgIpc) is 2.78. The van der Waals surface area contributed by atoms with Crippen LogP contribution in [-0.2, 0) is 0 Å². The molecule has 1 rings (SSSR count). The fourth-order valence-corrected chi connectivity index (χ4v) is 3.11. The maximum Gasteiger partial charge on any atom is 0.109 e. The number of hydrogen-bond donors (Lipinski definition) is 1. The van der Waals surface area contributed by atoms with Crippen LogP contribution in [0.5, 0.6) is 0 Å². The molecule has 0 aromatic carbocycles. The Labute approximate surface area is 113 Å². The molecule has 1 fully saturated rings. The van der Waals surface area contributed by atoms with Crippen molar-refractivity contribution < 1.29 is 0 Å². The summed E-state index contributed by atoms with van der Waals surface area (Å²) in [5.74, 6) is 0.536. The Bertz CT molecular complexity index is 271. The molecule has 3 nitrogen and oxygen atoms in total. The van der Waals surface area contributed by atoms with Gasteiger partial charge in [0.05, 0.1) is 6.07 Å². The van der Waals surface area contributed by atoms with E-state index in [0.29, 0.717) is 5.92 Å². The smallest absolute Gasteiger partial charge is 0.109 e. The molecule has 0 radical (unpaired) electrons. The van der Waals surface area contributed by atoms with Crippen LogP contribution in [0.4, 0.5) is 0 Å². The van der Waals surface area contributed by atoms with Crippen molar-refractivity contribution in [3.05, 3.63) is 0 Å². The van der Waals surface area contributed by atoms with E-state index in [2.05, 4.69) is 37.2 Å². The van der Waals surface area contributed by atoms with Crippen LogP contribution < -0.4 is 5.32 Å². The van der Waals surface area contributed by atoms with Crippen molar-refractivity contribution in [3.8, 4) is 6.07 Å². The molecule has 0 bridgehead atoms. The molecule has 0 spiro atoms. The van der Waals surface area contributed by atoms with Crippen molar-refractivity contribution in [2.24, 2.45) is 5.92 Å². The SMILES string of the molecule is CCCNC1(C#N)CCCC1CCN(C)CCC. The number of nitrogens with zero attached hydrogens (tertiary/aromatic N) is 2. The summed E-state index contributed by atoms with van der Waals surface area (Å²) in [4.78, 5) is 2.39. The van der Waals surface area contributed by atoms with Gasteiger partial charge in [-0.2, -0.15) is 5.26 Å². The second-order valence-electron chi connectivity index (χ2n) is 5.69. The number of rotatable bonds is 8. The molecule has 104 valence electrons. The molecule has 0 saturated heterocycles. The lowest BCUT2D eigenvalue weighted by Gasteiger charge is -2.31. The van der Waals surface area contributed by atoms with Gasteiger partial charge in [-0.05, 0) is 64.7 Å². The Kier molecular flexibility index (Phi) is 6.67. The van der Waals surface area contributed by atoms with Gasteiger partial charge in [-0.3, -0.25) is 5.32 Å². The highest BCUT2D eigenvalue weighted by Crippen LogP contribution is 2.37. The molecule has 1 N–H and O–H groups in total. The van der Waals surface area contributed by atoms with Crippen molar-refractivity contribution in [1.82, 2.24) is 10.2 Å². The zero-order valence-electron chi connectivity index (χ0n) is 12.3. The molecule has 0 amide bonds. The molecular weight excluding hydrogens is 222 g/mol. The molecule has 2 unspecified atom stereocenters. The van der Waals surface area contributed by atoms with Gasteiger partial charge in [-0.1, -0.05) is 20.3 Å². The predicted molar refractivity (Wildman–Crippen MR) is 76.4 cm³/mol. The van der Waals surface area contributed by atoms with Gasteiger partial charge >= 0.3 is 0 Å². The van der Waals surface area contributed by atoms with E-state index in [1.54, 1.807) is 0 Å². The van der Waals surface area contributed by atoms with E-state index in [0.717, 1.165) is 38.9 Å². The molecule has 3 heteroatoms. The quantitative estimate of drug-likeness (QED) is 0.721. The second-order valence-corrected chi connectivity index (χ2v) is 5.69. The maximum atomic E-state index is 9.56. The summed E-state index contributed by atoms with van der Waals surface area (Å²) in [6.45, 7) is 7.63. The summed E-state index contributed by atoms with van der Waals surface area (Å²) >= 11 is 0. The van der Waals surface area contributed by atoms with Crippen molar-refractivity contribution in [3.63, 3.8) is 0 Å². The van der Waals surface area contributed by atoms with Crippen LogP contribution in [0.15, 0.2) is 0 Å². The van der Waals surface area contributed by atoms with E-state index in [1.165, 1.54) is 19.3 Å². The minimum Gasteiger partial charge on any atom is -0.306 e. The van der Waals surface area contributed by atoms with Gasteiger partial charge in [0.15, 0.2) is 0 Å². The molecule has 0 aliphatic heterocycles. The van der Waals surface area contributed by atoms with E-state index in [4.69, 9.17) is 0 Å². The van der Waals surface area contributed by atoms with Crippen LogP contribution in [0.25, 0.3) is 0 Å². The molecule has 0 aromatic heterocycles. The first-order chi connectivity index (χ1) is 8.68. The molecule has 0 aromatic rings. The van der Waals surface area contributed by atoms with E-state index >= 15 is 0 Å². The zero-order chi connectivity index (χ0) is 13.4. The van der Waals surface area contributed by atoms with Crippen LogP contribution >= 0.6 is 0 Å². The lowest BCUT2D eigenvalue weighted by atomic mass is 9.85. The van der Waals surface area contributed by atoms with Crippen LogP contribution in [0.1, 0.15) is 52.4 Å². The summed E-state index contributed by atoms with van der Waals surface area (Å²) in [5.41, 5.74) is -0.233. The van der Waals surface area contributed by atoms with Gasteiger partial charge in [0.25, 0.3) is 0 Å². The summed E-state index contributed by atoms with van der Waals surface area (Å²) in [5, 5.41) is 13.1. The number of hydrogen-bond acceptors (Lipinski definition) is 3. The monoisotopic (exact) mass is 251 g/mol. The largest absolute Gasteiger partial charge is 0.306 e. The van der Waals surface area contributed by atoms with Crippen LogP contribution in [0, 0.1) is 17.2 Å². The normalized spacial score (nSPS) is 27.6. The first kappa shape index (κ1) is 15.5. The van der Waals surface area contributed by atoms with Crippen LogP contribution in [0.3, 0.4) is 0 Å². The minimum atomic E-state index is -0.233. The summed E-state index contributed by atoms with van der Waals surface area (Å²) in [6.07, 6.45) is 6.91. The minimum absolute atomic E-state index is 0.233. The fraction of sp³-hybridized carbons (Fsp3) is 0.933. The Morgan fingerprint density at radius 1 is 1.33 bits per heavy atom. The fourth-order valence-electron chi connectivity index (χ4n) is 3.11.